The van der Waals surface area contributed by atoms with E-state index in [9.17, 15) is 13.2 Å². The number of hydrogen-bond acceptors (Lipinski definition) is 6. The van der Waals surface area contributed by atoms with E-state index in [4.69, 9.17) is 8.92 Å². The minimum atomic E-state index is -3.97. The van der Waals surface area contributed by atoms with Gasteiger partial charge in [0.05, 0.1) is 0 Å². The molecule has 33 heavy (non-hydrogen) atoms. The van der Waals surface area contributed by atoms with Crippen LogP contribution in [-0.4, -0.2) is 20.3 Å². The number of carbonyl (C=O) groups is 1. The Morgan fingerprint density at radius 1 is 0.909 bits per heavy atom. The molecule has 6 nitrogen and oxygen atoms in total. The zero-order valence-electron chi connectivity index (χ0n) is 18.5. The number of nitrogens with zero attached hydrogens (tertiary/aromatic N) is 1. The van der Waals surface area contributed by atoms with E-state index in [1.54, 1.807) is 30.3 Å². The van der Waals surface area contributed by atoms with E-state index in [0.29, 0.717) is 11.1 Å². The molecule has 1 aliphatic rings. The Kier molecular flexibility index (Phi) is 5.91. The second kappa shape index (κ2) is 8.67. The van der Waals surface area contributed by atoms with E-state index in [2.05, 4.69) is 25.8 Å². The average molecular weight is 462 g/mol. The molecule has 0 saturated heterocycles. The van der Waals surface area contributed by atoms with Crippen LogP contribution in [0.2, 0.25) is 0 Å². The minimum Gasteiger partial charge on any atom is -0.402 e. The lowest BCUT2D eigenvalue weighted by Gasteiger charge is -2.18. The van der Waals surface area contributed by atoms with Gasteiger partial charge in [-0.1, -0.05) is 63.2 Å². The molecule has 1 aliphatic heterocycles. The summed E-state index contributed by atoms with van der Waals surface area (Å²) in [5.74, 6) is -0.222. The van der Waals surface area contributed by atoms with Gasteiger partial charge in [-0.25, -0.2) is 9.79 Å². The average Bonchev–Trinajstić information content (AvgIpc) is 3.14. The number of rotatable bonds is 5. The van der Waals surface area contributed by atoms with Crippen LogP contribution >= 0.6 is 0 Å². The fraction of sp³-hybridized carbons (Fsp3) is 0.154. The molecule has 3 aromatic carbocycles. The van der Waals surface area contributed by atoms with Crippen molar-refractivity contribution in [2.75, 3.05) is 0 Å². The molecule has 0 atom stereocenters. The number of cyclic esters (lactones) is 1. The topological polar surface area (TPSA) is 82.0 Å². The van der Waals surface area contributed by atoms with E-state index in [1.807, 2.05) is 24.3 Å². The highest BCUT2D eigenvalue weighted by molar-refractivity contribution is 7.87. The smallest absolute Gasteiger partial charge is 0.363 e. The van der Waals surface area contributed by atoms with E-state index >= 15 is 0 Å². The van der Waals surface area contributed by atoms with E-state index < -0.39 is 16.1 Å². The van der Waals surface area contributed by atoms with E-state index in [-0.39, 0.29) is 27.7 Å². The van der Waals surface area contributed by atoms with Crippen molar-refractivity contribution < 1.29 is 22.1 Å². The molecule has 0 N–H and O–H groups in total. The molecule has 0 saturated carbocycles. The summed E-state index contributed by atoms with van der Waals surface area (Å²) in [5, 5.41) is 0. The van der Waals surface area contributed by atoms with Crippen molar-refractivity contribution in [3.8, 4) is 5.75 Å². The maximum atomic E-state index is 12.5. The third-order valence-electron chi connectivity index (χ3n) is 5.02. The molecular formula is C26H23NO5S. The second-order valence-corrected chi connectivity index (χ2v) is 10.1. The van der Waals surface area contributed by atoms with Gasteiger partial charge in [0.1, 0.15) is 10.6 Å². The first-order valence-electron chi connectivity index (χ1n) is 10.3. The van der Waals surface area contributed by atoms with Crippen LogP contribution in [0.15, 0.2) is 94.4 Å². The number of esters is 1. The quantitative estimate of drug-likeness (QED) is 0.300. The largest absolute Gasteiger partial charge is 0.402 e. The van der Waals surface area contributed by atoms with Crippen molar-refractivity contribution in [2.24, 2.45) is 4.99 Å². The Bertz CT molecular complexity index is 1350. The lowest BCUT2D eigenvalue weighted by Crippen LogP contribution is -2.11. The third kappa shape index (κ3) is 5.21. The Labute approximate surface area is 193 Å². The van der Waals surface area contributed by atoms with E-state index in [1.165, 1.54) is 30.3 Å². The summed E-state index contributed by atoms with van der Waals surface area (Å²) in [7, 11) is -3.97. The zero-order chi connectivity index (χ0) is 23.6. The summed E-state index contributed by atoms with van der Waals surface area (Å²) >= 11 is 0. The number of carbonyl (C=O) groups excluding carboxylic acids is 1. The number of ether oxygens (including phenoxy) is 1. The summed E-state index contributed by atoms with van der Waals surface area (Å²) in [5.41, 5.74) is 2.54. The van der Waals surface area contributed by atoms with Gasteiger partial charge in [-0.15, -0.1) is 0 Å². The maximum Gasteiger partial charge on any atom is 0.363 e. The molecule has 0 unspecified atom stereocenters. The van der Waals surface area contributed by atoms with Crippen LogP contribution in [0.5, 0.6) is 5.75 Å². The Morgan fingerprint density at radius 3 is 2.27 bits per heavy atom. The highest BCUT2D eigenvalue weighted by atomic mass is 32.2. The molecule has 0 amide bonds. The van der Waals surface area contributed by atoms with Crippen molar-refractivity contribution in [1.82, 2.24) is 0 Å². The molecule has 168 valence electrons. The van der Waals surface area contributed by atoms with Gasteiger partial charge >= 0.3 is 16.1 Å². The first-order valence-corrected chi connectivity index (χ1v) is 11.8. The summed E-state index contributed by atoms with van der Waals surface area (Å²) in [6.07, 6.45) is 1.53. The van der Waals surface area contributed by atoms with Gasteiger partial charge in [0, 0.05) is 5.56 Å². The molecule has 1 heterocycles. The third-order valence-corrected chi connectivity index (χ3v) is 6.28. The molecule has 0 aliphatic carbocycles. The van der Waals surface area contributed by atoms with Gasteiger partial charge in [-0.3, -0.25) is 0 Å². The van der Waals surface area contributed by atoms with E-state index in [0.717, 1.165) is 5.56 Å². The van der Waals surface area contributed by atoms with Gasteiger partial charge in [0.25, 0.3) is 0 Å². The second-order valence-electron chi connectivity index (χ2n) is 8.59. The molecule has 4 rings (SSSR count). The van der Waals surface area contributed by atoms with Crippen molar-refractivity contribution >= 4 is 28.1 Å². The van der Waals surface area contributed by atoms with Crippen LogP contribution in [0.1, 0.15) is 37.5 Å². The summed E-state index contributed by atoms with van der Waals surface area (Å²) in [6, 6.07) is 22.0. The van der Waals surface area contributed by atoms with Crippen molar-refractivity contribution in [2.45, 2.75) is 31.1 Å². The van der Waals surface area contributed by atoms with Gasteiger partial charge < -0.3 is 8.92 Å². The Hall–Kier alpha value is -3.71. The Balaban J connectivity index is 1.57. The van der Waals surface area contributed by atoms with Crippen LogP contribution < -0.4 is 4.18 Å². The zero-order valence-corrected chi connectivity index (χ0v) is 19.3. The monoisotopic (exact) mass is 461 g/mol. The maximum absolute atomic E-state index is 12.5. The summed E-state index contributed by atoms with van der Waals surface area (Å²) in [6.45, 7) is 6.37. The lowest BCUT2D eigenvalue weighted by atomic mass is 9.87. The van der Waals surface area contributed by atoms with Crippen LogP contribution in [0.4, 0.5) is 0 Å². The standard InChI is InChI=1S/C26H23NO5S/c1-26(2,3)20-14-12-19(13-15-20)24-27-23(25(28)31-24)17-18-8-7-9-21(16-18)32-33(29,30)22-10-5-4-6-11-22/h4-17H,1-3H3/b23-17-. The first-order chi connectivity index (χ1) is 15.6. The molecule has 0 bridgehead atoms. The predicted octanol–water partition coefficient (Wildman–Crippen LogP) is 5.10. The lowest BCUT2D eigenvalue weighted by molar-refractivity contribution is -0.129. The molecule has 0 radical (unpaired) electrons. The highest BCUT2D eigenvalue weighted by Gasteiger charge is 2.25. The fourth-order valence-corrected chi connectivity index (χ4v) is 4.17. The Morgan fingerprint density at radius 2 is 1.61 bits per heavy atom. The highest BCUT2D eigenvalue weighted by Crippen LogP contribution is 2.26. The van der Waals surface area contributed by atoms with Crippen molar-refractivity contribution in [1.29, 1.82) is 0 Å². The number of aliphatic imine (C=N–C) groups is 1. The molecular weight excluding hydrogens is 438 g/mol. The van der Waals surface area contributed by atoms with Crippen LogP contribution in [0, 0.1) is 0 Å². The predicted molar refractivity (Wildman–Crippen MR) is 126 cm³/mol. The van der Waals surface area contributed by atoms with Gasteiger partial charge in [0.15, 0.2) is 5.70 Å². The van der Waals surface area contributed by atoms with Gasteiger partial charge in [-0.2, -0.15) is 8.42 Å². The SMILES string of the molecule is CC(C)(C)c1ccc(C2=N/C(=C\c3cccc(OS(=O)(=O)c4ccccc4)c3)C(=O)O2)cc1. The minimum absolute atomic E-state index is 0.0127. The summed E-state index contributed by atoms with van der Waals surface area (Å²) < 4.78 is 35.5. The normalized spacial score (nSPS) is 15.3. The molecule has 0 fully saturated rings. The molecule has 3 aromatic rings. The first kappa shape index (κ1) is 22.5. The van der Waals surface area contributed by atoms with Crippen LogP contribution in [-0.2, 0) is 25.1 Å². The van der Waals surface area contributed by atoms with Gasteiger partial charge in [0.2, 0.25) is 5.90 Å². The van der Waals surface area contributed by atoms with Crippen molar-refractivity contribution in [3.05, 3.63) is 101 Å². The fourth-order valence-electron chi connectivity index (χ4n) is 3.22. The molecule has 7 heteroatoms. The van der Waals surface area contributed by atoms with Gasteiger partial charge in [-0.05, 0) is 59.0 Å². The summed E-state index contributed by atoms with van der Waals surface area (Å²) in [4.78, 5) is 16.7. The van der Waals surface area contributed by atoms with Crippen LogP contribution in [0.25, 0.3) is 6.08 Å². The molecule has 0 spiro atoms. The van der Waals surface area contributed by atoms with Crippen LogP contribution in [0.3, 0.4) is 0 Å². The number of benzene rings is 3. The van der Waals surface area contributed by atoms with Crippen molar-refractivity contribution in [3.63, 3.8) is 0 Å². The number of hydrogen-bond donors (Lipinski definition) is 0. The molecule has 0 aromatic heterocycles.